The summed E-state index contributed by atoms with van der Waals surface area (Å²) in [5.41, 5.74) is 0.474. The van der Waals surface area contributed by atoms with E-state index in [1.807, 2.05) is 24.3 Å². The van der Waals surface area contributed by atoms with Gasteiger partial charge in [-0.15, -0.1) is 0 Å². The molecule has 0 saturated heterocycles. The summed E-state index contributed by atoms with van der Waals surface area (Å²) in [7, 11) is 1.68. The highest BCUT2D eigenvalue weighted by molar-refractivity contribution is 6.09. The molecular weight excluding hydrogens is 291 g/mol. The molecule has 1 atom stereocenters. The van der Waals surface area contributed by atoms with E-state index in [9.17, 15) is 18.0 Å². The average Bonchev–Trinajstić information content (AvgIpc) is 2.70. The van der Waals surface area contributed by atoms with Crippen LogP contribution in [0.2, 0.25) is 0 Å². The van der Waals surface area contributed by atoms with Gasteiger partial charge in [-0.05, 0) is 36.2 Å². The van der Waals surface area contributed by atoms with E-state index >= 15 is 0 Å². The van der Waals surface area contributed by atoms with Crippen LogP contribution in [0.1, 0.15) is 23.6 Å². The van der Waals surface area contributed by atoms with E-state index in [0.717, 1.165) is 23.4 Å². The Morgan fingerprint density at radius 2 is 1.59 bits per heavy atom. The van der Waals surface area contributed by atoms with E-state index in [-0.39, 0.29) is 5.91 Å². The SMILES string of the molecule is CN1C(=O)[C@@](C)(c2ccc(C(F)(F)F)cc2)c2ccccc21. The van der Waals surface area contributed by atoms with E-state index < -0.39 is 17.2 Å². The predicted octanol–water partition coefficient (Wildman–Crippen LogP) is 3.99. The fourth-order valence-electron chi connectivity index (χ4n) is 3.02. The van der Waals surface area contributed by atoms with Crippen LogP contribution in [-0.4, -0.2) is 13.0 Å². The van der Waals surface area contributed by atoms with Crippen LogP contribution in [0.25, 0.3) is 0 Å². The smallest absolute Gasteiger partial charge is 0.314 e. The second kappa shape index (κ2) is 4.60. The van der Waals surface area contributed by atoms with Gasteiger partial charge in [-0.25, -0.2) is 0 Å². The molecule has 114 valence electrons. The largest absolute Gasteiger partial charge is 0.416 e. The zero-order valence-corrected chi connectivity index (χ0v) is 12.1. The number of halogens is 3. The summed E-state index contributed by atoms with van der Waals surface area (Å²) < 4.78 is 38.1. The van der Waals surface area contributed by atoms with Crippen molar-refractivity contribution in [2.24, 2.45) is 0 Å². The summed E-state index contributed by atoms with van der Waals surface area (Å²) >= 11 is 0. The Balaban J connectivity index is 2.13. The first kappa shape index (κ1) is 14.6. The van der Waals surface area contributed by atoms with Crippen molar-refractivity contribution < 1.29 is 18.0 Å². The second-order valence-corrected chi connectivity index (χ2v) is 5.58. The van der Waals surface area contributed by atoms with Gasteiger partial charge < -0.3 is 4.90 Å². The number of carbonyl (C=O) groups excluding carboxylic acids is 1. The lowest BCUT2D eigenvalue weighted by Crippen LogP contribution is -2.37. The molecule has 5 heteroatoms. The number of anilines is 1. The molecule has 1 aliphatic rings. The third-order valence-corrected chi connectivity index (χ3v) is 4.33. The number of benzene rings is 2. The number of rotatable bonds is 1. The van der Waals surface area contributed by atoms with E-state index in [2.05, 4.69) is 0 Å². The molecule has 0 bridgehead atoms. The fraction of sp³-hybridized carbons (Fsp3) is 0.235. The Kier molecular flexibility index (Phi) is 3.06. The second-order valence-electron chi connectivity index (χ2n) is 5.58. The third kappa shape index (κ3) is 1.92. The molecule has 22 heavy (non-hydrogen) atoms. The van der Waals surface area contributed by atoms with Crippen LogP contribution >= 0.6 is 0 Å². The summed E-state index contributed by atoms with van der Waals surface area (Å²) in [5, 5.41) is 0. The van der Waals surface area contributed by atoms with Gasteiger partial charge >= 0.3 is 6.18 Å². The Labute approximate surface area is 126 Å². The lowest BCUT2D eigenvalue weighted by molar-refractivity contribution is -0.137. The van der Waals surface area contributed by atoms with Gasteiger partial charge in [0.2, 0.25) is 5.91 Å². The van der Waals surface area contributed by atoms with Crippen molar-refractivity contribution in [1.29, 1.82) is 0 Å². The Hall–Kier alpha value is -2.30. The molecule has 0 N–H and O–H groups in total. The summed E-state index contributed by atoms with van der Waals surface area (Å²) in [6.45, 7) is 1.75. The van der Waals surface area contributed by atoms with Gasteiger partial charge in [0, 0.05) is 12.7 Å². The first-order chi connectivity index (χ1) is 10.3. The molecule has 2 aromatic carbocycles. The quantitative estimate of drug-likeness (QED) is 0.780. The van der Waals surface area contributed by atoms with Gasteiger partial charge in [-0.1, -0.05) is 30.3 Å². The van der Waals surface area contributed by atoms with Crippen molar-refractivity contribution in [2.75, 3.05) is 11.9 Å². The molecule has 0 unspecified atom stereocenters. The summed E-state index contributed by atoms with van der Waals surface area (Å²) in [6, 6.07) is 12.2. The van der Waals surface area contributed by atoms with Crippen LogP contribution in [0.15, 0.2) is 48.5 Å². The Morgan fingerprint density at radius 3 is 2.18 bits per heavy atom. The monoisotopic (exact) mass is 305 g/mol. The van der Waals surface area contributed by atoms with E-state index in [1.165, 1.54) is 12.1 Å². The van der Waals surface area contributed by atoms with Crippen molar-refractivity contribution in [2.45, 2.75) is 18.5 Å². The summed E-state index contributed by atoms with van der Waals surface area (Å²) in [5.74, 6) is -0.145. The van der Waals surface area contributed by atoms with Gasteiger partial charge in [-0.2, -0.15) is 13.2 Å². The first-order valence-corrected chi connectivity index (χ1v) is 6.81. The highest BCUT2D eigenvalue weighted by Crippen LogP contribution is 2.45. The number of nitrogens with zero attached hydrogens (tertiary/aromatic N) is 1. The minimum atomic E-state index is -4.38. The van der Waals surface area contributed by atoms with Gasteiger partial charge in [0.15, 0.2) is 0 Å². The number of hydrogen-bond donors (Lipinski definition) is 0. The number of fused-ring (bicyclic) bond motifs is 1. The Morgan fingerprint density at radius 1 is 1.00 bits per heavy atom. The molecule has 2 aromatic rings. The van der Waals surface area contributed by atoms with Crippen molar-refractivity contribution in [3.63, 3.8) is 0 Å². The minimum absolute atomic E-state index is 0.145. The highest BCUT2D eigenvalue weighted by Gasteiger charge is 2.47. The van der Waals surface area contributed by atoms with E-state index in [1.54, 1.807) is 18.9 Å². The normalized spacial score (nSPS) is 21.1. The Bertz CT molecular complexity index is 736. The number of carbonyl (C=O) groups is 1. The number of para-hydroxylation sites is 1. The van der Waals surface area contributed by atoms with E-state index in [4.69, 9.17) is 0 Å². The van der Waals surface area contributed by atoms with Crippen LogP contribution in [0.3, 0.4) is 0 Å². The maximum absolute atomic E-state index is 12.7. The highest BCUT2D eigenvalue weighted by atomic mass is 19.4. The molecule has 3 rings (SSSR count). The van der Waals surface area contributed by atoms with Gasteiger partial charge in [-0.3, -0.25) is 4.79 Å². The number of likely N-dealkylation sites (N-methyl/N-ethyl adjacent to an activating group) is 1. The van der Waals surface area contributed by atoms with Gasteiger partial charge in [0.05, 0.1) is 11.0 Å². The van der Waals surface area contributed by atoms with Crippen LogP contribution in [0.5, 0.6) is 0 Å². The molecule has 0 aromatic heterocycles. The zero-order chi connectivity index (χ0) is 16.1. The molecule has 0 saturated carbocycles. The van der Waals surface area contributed by atoms with Crippen molar-refractivity contribution in [3.05, 3.63) is 65.2 Å². The van der Waals surface area contributed by atoms with Crippen LogP contribution in [0.4, 0.5) is 18.9 Å². The molecule has 0 radical (unpaired) electrons. The van der Waals surface area contributed by atoms with Crippen LogP contribution < -0.4 is 4.90 Å². The predicted molar refractivity (Wildman–Crippen MR) is 77.8 cm³/mol. The molecule has 1 heterocycles. The molecule has 0 spiro atoms. The number of amides is 1. The molecular formula is C17H14F3NO. The maximum atomic E-state index is 12.7. The topological polar surface area (TPSA) is 20.3 Å². The first-order valence-electron chi connectivity index (χ1n) is 6.81. The average molecular weight is 305 g/mol. The third-order valence-electron chi connectivity index (χ3n) is 4.33. The lowest BCUT2D eigenvalue weighted by atomic mass is 9.77. The minimum Gasteiger partial charge on any atom is -0.314 e. The van der Waals surface area contributed by atoms with Crippen molar-refractivity contribution in [3.8, 4) is 0 Å². The van der Waals surface area contributed by atoms with Crippen molar-refractivity contribution in [1.82, 2.24) is 0 Å². The van der Waals surface area contributed by atoms with Crippen molar-refractivity contribution >= 4 is 11.6 Å². The molecule has 0 aliphatic carbocycles. The summed E-state index contributed by atoms with van der Waals surface area (Å²) in [6.07, 6.45) is -4.38. The fourth-order valence-corrected chi connectivity index (χ4v) is 3.02. The number of alkyl halides is 3. The van der Waals surface area contributed by atoms with Crippen LogP contribution in [0, 0.1) is 0 Å². The lowest BCUT2D eigenvalue weighted by Gasteiger charge is -2.24. The molecule has 1 amide bonds. The summed E-state index contributed by atoms with van der Waals surface area (Å²) in [4.78, 5) is 14.2. The van der Waals surface area contributed by atoms with Gasteiger partial charge in [0.25, 0.3) is 0 Å². The molecule has 2 nitrogen and oxygen atoms in total. The standard InChI is InChI=1S/C17H14F3NO/c1-16(11-7-9-12(10-8-11)17(18,19)20)13-5-3-4-6-14(13)21(2)15(16)22/h3-10H,1-2H3/t16-/m0/s1. The molecule has 0 fully saturated rings. The maximum Gasteiger partial charge on any atom is 0.416 e. The molecule has 1 aliphatic heterocycles. The van der Waals surface area contributed by atoms with Gasteiger partial charge in [0.1, 0.15) is 0 Å². The van der Waals surface area contributed by atoms with E-state index in [0.29, 0.717) is 5.56 Å². The number of hydrogen-bond acceptors (Lipinski definition) is 1. The van der Waals surface area contributed by atoms with Crippen LogP contribution in [-0.2, 0) is 16.4 Å². The zero-order valence-electron chi connectivity index (χ0n) is 12.1.